The third-order valence-electron chi connectivity index (χ3n) is 3.64. The van der Waals surface area contributed by atoms with E-state index in [0.717, 1.165) is 11.3 Å². The molecule has 0 aliphatic heterocycles. The SMILES string of the molecule is O=C(CNc1cccc(Cl)c1)Nc1cccc(OCc2ccccc2)c1. The summed E-state index contributed by atoms with van der Waals surface area (Å²) in [5.41, 5.74) is 2.58. The number of anilines is 2. The lowest BCUT2D eigenvalue weighted by atomic mass is 10.2. The zero-order valence-electron chi connectivity index (χ0n) is 14.1. The molecule has 0 radical (unpaired) electrons. The molecule has 0 aromatic heterocycles. The first-order valence-corrected chi connectivity index (χ1v) is 8.63. The predicted molar refractivity (Wildman–Crippen MR) is 106 cm³/mol. The summed E-state index contributed by atoms with van der Waals surface area (Å²) in [6, 6.07) is 24.5. The summed E-state index contributed by atoms with van der Waals surface area (Å²) in [5.74, 6) is 0.555. The van der Waals surface area contributed by atoms with Crippen LogP contribution in [0.25, 0.3) is 0 Å². The second-order valence-corrected chi connectivity index (χ2v) is 6.15. The van der Waals surface area contributed by atoms with Gasteiger partial charge in [0, 0.05) is 22.5 Å². The van der Waals surface area contributed by atoms with Gasteiger partial charge in [-0.2, -0.15) is 0 Å². The van der Waals surface area contributed by atoms with Gasteiger partial charge in [0.25, 0.3) is 0 Å². The number of benzene rings is 3. The highest BCUT2D eigenvalue weighted by Gasteiger charge is 2.04. The zero-order chi connectivity index (χ0) is 18.2. The van der Waals surface area contributed by atoms with E-state index >= 15 is 0 Å². The lowest BCUT2D eigenvalue weighted by molar-refractivity contribution is -0.114. The topological polar surface area (TPSA) is 50.4 Å². The number of nitrogens with one attached hydrogen (secondary N) is 2. The van der Waals surface area contributed by atoms with Crippen molar-refractivity contribution in [3.05, 3.63) is 89.4 Å². The molecule has 26 heavy (non-hydrogen) atoms. The molecule has 5 heteroatoms. The van der Waals surface area contributed by atoms with Crippen LogP contribution in [-0.2, 0) is 11.4 Å². The second kappa shape index (κ2) is 8.92. The summed E-state index contributed by atoms with van der Waals surface area (Å²) in [6.07, 6.45) is 0. The number of hydrogen-bond donors (Lipinski definition) is 2. The van der Waals surface area contributed by atoms with Crippen LogP contribution in [0.2, 0.25) is 5.02 Å². The first-order chi connectivity index (χ1) is 12.7. The lowest BCUT2D eigenvalue weighted by Gasteiger charge is -2.10. The van der Waals surface area contributed by atoms with E-state index in [0.29, 0.717) is 23.1 Å². The fourth-order valence-corrected chi connectivity index (χ4v) is 2.58. The number of amides is 1. The Kier molecular flexibility index (Phi) is 6.12. The number of halogens is 1. The smallest absolute Gasteiger partial charge is 0.243 e. The molecule has 132 valence electrons. The van der Waals surface area contributed by atoms with Gasteiger partial charge in [-0.05, 0) is 35.9 Å². The van der Waals surface area contributed by atoms with Crippen LogP contribution >= 0.6 is 11.6 Å². The van der Waals surface area contributed by atoms with E-state index in [1.54, 1.807) is 18.2 Å². The van der Waals surface area contributed by atoms with Gasteiger partial charge in [0.05, 0.1) is 6.54 Å². The van der Waals surface area contributed by atoms with Crippen LogP contribution in [0.5, 0.6) is 5.75 Å². The van der Waals surface area contributed by atoms with Gasteiger partial charge in [0.15, 0.2) is 0 Å². The Labute approximate surface area is 157 Å². The standard InChI is InChI=1S/C21H19ClN2O2/c22-17-8-4-9-18(12-17)23-14-21(25)24-19-10-5-11-20(13-19)26-15-16-6-2-1-3-7-16/h1-13,23H,14-15H2,(H,24,25). The molecule has 0 unspecified atom stereocenters. The van der Waals surface area contributed by atoms with Crippen molar-refractivity contribution in [2.24, 2.45) is 0 Å². The molecule has 0 heterocycles. The summed E-state index contributed by atoms with van der Waals surface area (Å²) in [6.45, 7) is 0.629. The quantitative estimate of drug-likeness (QED) is 0.620. The third kappa shape index (κ3) is 5.53. The van der Waals surface area contributed by atoms with E-state index in [1.807, 2.05) is 60.7 Å². The van der Waals surface area contributed by atoms with Crippen molar-refractivity contribution in [2.75, 3.05) is 17.2 Å². The Morgan fingerprint density at radius 1 is 0.885 bits per heavy atom. The largest absolute Gasteiger partial charge is 0.489 e. The van der Waals surface area contributed by atoms with Gasteiger partial charge in [-0.15, -0.1) is 0 Å². The van der Waals surface area contributed by atoms with Crippen LogP contribution in [-0.4, -0.2) is 12.5 Å². The first kappa shape index (κ1) is 17.8. The molecule has 3 aromatic rings. The van der Waals surface area contributed by atoms with E-state index in [9.17, 15) is 4.79 Å². The summed E-state index contributed by atoms with van der Waals surface area (Å²) in [7, 11) is 0. The van der Waals surface area contributed by atoms with Crippen molar-refractivity contribution >= 4 is 28.9 Å². The first-order valence-electron chi connectivity index (χ1n) is 8.25. The fraction of sp³-hybridized carbons (Fsp3) is 0.0952. The lowest BCUT2D eigenvalue weighted by Crippen LogP contribution is -2.21. The van der Waals surface area contributed by atoms with E-state index < -0.39 is 0 Å². The maximum atomic E-state index is 12.1. The zero-order valence-corrected chi connectivity index (χ0v) is 14.9. The molecule has 3 rings (SSSR count). The molecule has 4 nitrogen and oxygen atoms in total. The van der Waals surface area contributed by atoms with Crippen LogP contribution in [0.4, 0.5) is 11.4 Å². The molecule has 0 atom stereocenters. The van der Waals surface area contributed by atoms with Crippen molar-refractivity contribution in [3.8, 4) is 5.75 Å². The van der Waals surface area contributed by atoms with Crippen LogP contribution in [0.3, 0.4) is 0 Å². The van der Waals surface area contributed by atoms with Gasteiger partial charge in [-0.3, -0.25) is 4.79 Å². The Hall–Kier alpha value is -2.98. The van der Waals surface area contributed by atoms with Crippen molar-refractivity contribution in [1.82, 2.24) is 0 Å². The van der Waals surface area contributed by atoms with Crippen LogP contribution in [0.1, 0.15) is 5.56 Å². The number of carbonyl (C=O) groups excluding carboxylic acids is 1. The van der Waals surface area contributed by atoms with Crippen molar-refractivity contribution in [3.63, 3.8) is 0 Å². The molecule has 0 bridgehead atoms. The molecule has 0 fully saturated rings. The average Bonchev–Trinajstić information content (AvgIpc) is 2.66. The van der Waals surface area contributed by atoms with Crippen LogP contribution in [0, 0.1) is 0 Å². The Bertz CT molecular complexity index is 869. The van der Waals surface area contributed by atoms with Gasteiger partial charge in [0.2, 0.25) is 5.91 Å². The van der Waals surface area contributed by atoms with Crippen molar-refractivity contribution in [2.45, 2.75) is 6.61 Å². The van der Waals surface area contributed by atoms with Crippen molar-refractivity contribution in [1.29, 1.82) is 0 Å². The van der Waals surface area contributed by atoms with Crippen LogP contribution < -0.4 is 15.4 Å². The van der Waals surface area contributed by atoms with E-state index in [1.165, 1.54) is 0 Å². The summed E-state index contributed by atoms with van der Waals surface area (Å²) in [4.78, 5) is 12.1. The van der Waals surface area contributed by atoms with E-state index in [2.05, 4.69) is 10.6 Å². The normalized spacial score (nSPS) is 10.2. The molecule has 0 aliphatic carbocycles. The van der Waals surface area contributed by atoms with E-state index in [-0.39, 0.29) is 12.5 Å². The molecule has 3 aromatic carbocycles. The van der Waals surface area contributed by atoms with Gasteiger partial charge < -0.3 is 15.4 Å². The fourth-order valence-electron chi connectivity index (χ4n) is 2.39. The second-order valence-electron chi connectivity index (χ2n) is 5.71. The summed E-state index contributed by atoms with van der Waals surface area (Å²) in [5, 5.41) is 6.51. The molecular formula is C21H19ClN2O2. The van der Waals surface area contributed by atoms with E-state index in [4.69, 9.17) is 16.3 Å². The molecule has 0 aliphatic rings. The number of hydrogen-bond acceptors (Lipinski definition) is 3. The maximum Gasteiger partial charge on any atom is 0.243 e. The van der Waals surface area contributed by atoms with Crippen molar-refractivity contribution < 1.29 is 9.53 Å². The predicted octanol–water partition coefficient (Wildman–Crippen LogP) is 4.97. The van der Waals surface area contributed by atoms with Gasteiger partial charge >= 0.3 is 0 Å². The minimum atomic E-state index is -0.148. The Morgan fingerprint density at radius 3 is 2.46 bits per heavy atom. The van der Waals surface area contributed by atoms with Crippen LogP contribution in [0.15, 0.2) is 78.9 Å². The highest BCUT2D eigenvalue weighted by Crippen LogP contribution is 2.19. The number of rotatable bonds is 7. The number of carbonyl (C=O) groups is 1. The molecule has 0 saturated heterocycles. The molecule has 2 N–H and O–H groups in total. The molecule has 0 spiro atoms. The Balaban J connectivity index is 1.52. The van der Waals surface area contributed by atoms with Gasteiger partial charge in [0.1, 0.15) is 12.4 Å². The number of ether oxygens (including phenoxy) is 1. The minimum Gasteiger partial charge on any atom is -0.489 e. The van der Waals surface area contributed by atoms with Gasteiger partial charge in [-0.1, -0.05) is 54.1 Å². The maximum absolute atomic E-state index is 12.1. The minimum absolute atomic E-state index is 0.148. The Morgan fingerprint density at radius 2 is 1.65 bits per heavy atom. The average molecular weight is 367 g/mol. The summed E-state index contributed by atoms with van der Waals surface area (Å²) >= 11 is 5.93. The monoisotopic (exact) mass is 366 g/mol. The highest BCUT2D eigenvalue weighted by atomic mass is 35.5. The summed E-state index contributed by atoms with van der Waals surface area (Å²) < 4.78 is 5.78. The molecule has 0 saturated carbocycles. The highest BCUT2D eigenvalue weighted by molar-refractivity contribution is 6.30. The molecular weight excluding hydrogens is 348 g/mol. The third-order valence-corrected chi connectivity index (χ3v) is 3.88. The molecule has 1 amide bonds. The van der Waals surface area contributed by atoms with Gasteiger partial charge in [-0.25, -0.2) is 0 Å².